The maximum atomic E-state index is 10.8. The van der Waals surface area contributed by atoms with E-state index in [9.17, 15) is 4.79 Å². The highest BCUT2D eigenvalue weighted by Crippen LogP contribution is 2.07. The second-order valence-corrected chi connectivity index (χ2v) is 4.10. The lowest BCUT2D eigenvalue weighted by molar-refractivity contribution is 0.0690. The monoisotopic (exact) mass is 251 g/mol. The van der Waals surface area contributed by atoms with Crippen LogP contribution in [0.15, 0.2) is 18.3 Å². The zero-order valence-electron chi connectivity index (χ0n) is 11.0. The lowest BCUT2D eigenvalue weighted by Gasteiger charge is -2.19. The Hall–Kier alpha value is -1.62. The third kappa shape index (κ3) is 4.71. The van der Waals surface area contributed by atoms with Gasteiger partial charge in [-0.05, 0) is 31.6 Å². The number of hydrogen-bond donors (Lipinski definition) is 2. The van der Waals surface area contributed by atoms with Gasteiger partial charge < -0.3 is 15.3 Å². The summed E-state index contributed by atoms with van der Waals surface area (Å²) in [5.74, 6) is -1.00. The number of likely N-dealkylation sites (N-methyl/N-ethyl adjacent to an activating group) is 1. The van der Waals surface area contributed by atoms with Gasteiger partial charge in [-0.3, -0.25) is 0 Å². The first-order valence-corrected chi connectivity index (χ1v) is 6.33. The number of nitrogens with zero attached hydrogens (tertiary/aromatic N) is 2. The molecule has 1 rings (SSSR count). The number of aromatic carboxylic acids is 1. The minimum absolute atomic E-state index is 0.0703. The second kappa shape index (κ2) is 7.66. The first kappa shape index (κ1) is 14.4. The van der Waals surface area contributed by atoms with Gasteiger partial charge in [-0.2, -0.15) is 0 Å². The smallest absolute Gasteiger partial charge is 0.354 e. The molecule has 2 N–H and O–H groups in total. The predicted octanol–water partition coefficient (Wildman–Crippen LogP) is 1.92. The molecule has 0 aliphatic carbocycles. The van der Waals surface area contributed by atoms with Crippen molar-refractivity contribution in [3.05, 3.63) is 24.0 Å². The van der Waals surface area contributed by atoms with Gasteiger partial charge in [0, 0.05) is 25.0 Å². The summed E-state index contributed by atoms with van der Waals surface area (Å²) in [4.78, 5) is 16.9. The lowest BCUT2D eigenvalue weighted by Crippen LogP contribution is -2.29. The van der Waals surface area contributed by atoms with Crippen molar-refractivity contribution in [3.8, 4) is 0 Å². The first-order valence-electron chi connectivity index (χ1n) is 6.33. The normalized spacial score (nSPS) is 10.6. The Balaban J connectivity index is 2.43. The van der Waals surface area contributed by atoms with Gasteiger partial charge in [0.05, 0.1) is 0 Å². The van der Waals surface area contributed by atoms with E-state index in [0.717, 1.165) is 38.3 Å². The number of aromatic nitrogens is 1. The number of rotatable bonds is 8. The molecule has 1 aromatic rings. The highest BCUT2D eigenvalue weighted by atomic mass is 16.4. The molecule has 0 aliphatic rings. The summed E-state index contributed by atoms with van der Waals surface area (Å²) in [6.45, 7) is 8.19. The maximum absolute atomic E-state index is 10.8. The summed E-state index contributed by atoms with van der Waals surface area (Å²) >= 11 is 0. The molecule has 1 aromatic heterocycles. The van der Waals surface area contributed by atoms with Crippen molar-refractivity contribution >= 4 is 11.7 Å². The Morgan fingerprint density at radius 2 is 2.22 bits per heavy atom. The summed E-state index contributed by atoms with van der Waals surface area (Å²) in [6, 6.07) is 3.33. The van der Waals surface area contributed by atoms with E-state index in [1.807, 2.05) is 0 Å². The molecule has 0 saturated carbocycles. The van der Waals surface area contributed by atoms with Crippen LogP contribution in [0.4, 0.5) is 5.69 Å². The standard InChI is InChI=1S/C13H21N3O2/c1-3-8-16(4-2)9-7-14-11-5-6-15-12(10-11)13(17)18/h5-6,10H,3-4,7-9H2,1-2H3,(H,14,15)(H,17,18). The molecule has 0 spiro atoms. The van der Waals surface area contributed by atoms with Gasteiger partial charge in [0.1, 0.15) is 5.69 Å². The van der Waals surface area contributed by atoms with Crippen LogP contribution in [0.3, 0.4) is 0 Å². The minimum atomic E-state index is -1.00. The highest BCUT2D eigenvalue weighted by Gasteiger charge is 2.05. The maximum Gasteiger partial charge on any atom is 0.354 e. The fourth-order valence-corrected chi connectivity index (χ4v) is 1.76. The second-order valence-electron chi connectivity index (χ2n) is 4.10. The number of pyridine rings is 1. The third-order valence-electron chi connectivity index (χ3n) is 2.72. The van der Waals surface area contributed by atoms with Crippen LogP contribution in [0.2, 0.25) is 0 Å². The number of nitrogens with one attached hydrogen (secondary N) is 1. The lowest BCUT2D eigenvalue weighted by atomic mass is 10.3. The van der Waals surface area contributed by atoms with E-state index in [0.29, 0.717) is 0 Å². The third-order valence-corrected chi connectivity index (χ3v) is 2.72. The van der Waals surface area contributed by atoms with Crippen molar-refractivity contribution in [2.45, 2.75) is 20.3 Å². The fourth-order valence-electron chi connectivity index (χ4n) is 1.76. The summed E-state index contributed by atoms with van der Waals surface area (Å²) < 4.78 is 0. The van der Waals surface area contributed by atoms with Crippen LogP contribution in [0.5, 0.6) is 0 Å². The molecular formula is C13H21N3O2. The zero-order valence-corrected chi connectivity index (χ0v) is 11.0. The van der Waals surface area contributed by atoms with E-state index in [4.69, 9.17) is 5.11 Å². The Kier molecular flexibility index (Phi) is 6.14. The SMILES string of the molecule is CCCN(CC)CCNc1ccnc(C(=O)O)c1. The Morgan fingerprint density at radius 1 is 1.44 bits per heavy atom. The van der Waals surface area contributed by atoms with Crippen LogP contribution in [0, 0.1) is 0 Å². The molecule has 5 nitrogen and oxygen atoms in total. The molecule has 1 heterocycles. The quantitative estimate of drug-likeness (QED) is 0.739. The first-order chi connectivity index (χ1) is 8.67. The summed E-state index contributed by atoms with van der Waals surface area (Å²) in [5, 5.41) is 12.1. The molecule has 0 atom stereocenters. The number of carbonyl (C=O) groups is 1. The van der Waals surface area contributed by atoms with E-state index < -0.39 is 5.97 Å². The van der Waals surface area contributed by atoms with Crippen LogP contribution in [-0.2, 0) is 0 Å². The molecule has 0 fully saturated rings. The molecule has 18 heavy (non-hydrogen) atoms. The molecule has 100 valence electrons. The molecule has 5 heteroatoms. The van der Waals surface area contributed by atoms with E-state index in [1.165, 1.54) is 6.20 Å². The van der Waals surface area contributed by atoms with E-state index in [2.05, 4.69) is 29.0 Å². The van der Waals surface area contributed by atoms with E-state index in [-0.39, 0.29) is 5.69 Å². The molecule has 0 saturated heterocycles. The number of hydrogen-bond acceptors (Lipinski definition) is 4. The average Bonchev–Trinajstić information content (AvgIpc) is 2.38. The van der Waals surface area contributed by atoms with Crippen molar-refractivity contribution in [2.75, 3.05) is 31.5 Å². The van der Waals surface area contributed by atoms with Crippen molar-refractivity contribution in [3.63, 3.8) is 0 Å². The van der Waals surface area contributed by atoms with Crippen molar-refractivity contribution in [1.82, 2.24) is 9.88 Å². The largest absolute Gasteiger partial charge is 0.477 e. The van der Waals surface area contributed by atoms with E-state index in [1.54, 1.807) is 12.1 Å². The van der Waals surface area contributed by atoms with Gasteiger partial charge in [0.25, 0.3) is 0 Å². The van der Waals surface area contributed by atoms with Crippen LogP contribution in [-0.4, -0.2) is 47.1 Å². The van der Waals surface area contributed by atoms with Crippen molar-refractivity contribution < 1.29 is 9.90 Å². The molecule has 0 radical (unpaired) electrons. The predicted molar refractivity (Wildman–Crippen MR) is 72.1 cm³/mol. The highest BCUT2D eigenvalue weighted by molar-refractivity contribution is 5.86. The van der Waals surface area contributed by atoms with Gasteiger partial charge in [-0.15, -0.1) is 0 Å². The van der Waals surface area contributed by atoms with Crippen molar-refractivity contribution in [1.29, 1.82) is 0 Å². The van der Waals surface area contributed by atoms with Crippen LogP contribution < -0.4 is 5.32 Å². The molecule has 0 bridgehead atoms. The van der Waals surface area contributed by atoms with E-state index >= 15 is 0 Å². The van der Waals surface area contributed by atoms with Gasteiger partial charge in [0.15, 0.2) is 0 Å². The van der Waals surface area contributed by atoms with Crippen molar-refractivity contribution in [2.24, 2.45) is 0 Å². The number of carboxylic acids is 1. The summed E-state index contributed by atoms with van der Waals surface area (Å²) in [5.41, 5.74) is 0.871. The molecule has 0 aliphatic heterocycles. The number of anilines is 1. The molecule has 0 unspecified atom stereocenters. The average molecular weight is 251 g/mol. The zero-order chi connectivity index (χ0) is 13.4. The van der Waals surface area contributed by atoms with Gasteiger partial charge in [-0.25, -0.2) is 9.78 Å². The Morgan fingerprint density at radius 3 is 2.83 bits per heavy atom. The van der Waals surface area contributed by atoms with Crippen LogP contribution >= 0.6 is 0 Å². The summed E-state index contributed by atoms with van der Waals surface area (Å²) in [6.07, 6.45) is 2.65. The topological polar surface area (TPSA) is 65.5 Å². The molecule has 0 amide bonds. The van der Waals surface area contributed by atoms with Gasteiger partial charge in [0.2, 0.25) is 0 Å². The Bertz CT molecular complexity index is 382. The molecule has 0 aromatic carbocycles. The summed E-state index contributed by atoms with van der Waals surface area (Å²) in [7, 11) is 0. The molecular weight excluding hydrogens is 230 g/mol. The number of carboxylic acid groups (broad SMARTS) is 1. The fraction of sp³-hybridized carbons (Fsp3) is 0.538. The minimum Gasteiger partial charge on any atom is -0.477 e. The Labute approximate surface area is 108 Å². The van der Waals surface area contributed by atoms with Gasteiger partial charge in [-0.1, -0.05) is 13.8 Å². The van der Waals surface area contributed by atoms with Gasteiger partial charge >= 0.3 is 5.97 Å². The van der Waals surface area contributed by atoms with Crippen LogP contribution in [0.25, 0.3) is 0 Å². The van der Waals surface area contributed by atoms with Crippen LogP contribution in [0.1, 0.15) is 30.8 Å².